The summed E-state index contributed by atoms with van der Waals surface area (Å²) in [4.78, 5) is 13.6. The average Bonchev–Trinajstić information content (AvgIpc) is 2.05. The highest BCUT2D eigenvalue weighted by atomic mass is 35.5. The van der Waals surface area contributed by atoms with E-state index in [2.05, 4.69) is 4.90 Å². The first-order valence-electron chi connectivity index (χ1n) is 4.77. The fourth-order valence-electron chi connectivity index (χ4n) is 2.44. The maximum Gasteiger partial charge on any atom is 0.183 e. The van der Waals surface area contributed by atoms with Gasteiger partial charge >= 0.3 is 0 Å². The molecule has 3 saturated heterocycles. The summed E-state index contributed by atoms with van der Waals surface area (Å²) in [6.07, 6.45) is 0. The Balaban J connectivity index is 0.000000845. The quantitative estimate of drug-likeness (QED) is 0.440. The van der Waals surface area contributed by atoms with Crippen molar-refractivity contribution in [1.82, 2.24) is 4.90 Å². The van der Waals surface area contributed by atoms with Gasteiger partial charge in [-0.3, -0.25) is 9.69 Å². The van der Waals surface area contributed by atoms with E-state index in [0.29, 0.717) is 5.78 Å². The molecule has 76 valence electrons. The molecule has 0 saturated carbocycles. The van der Waals surface area contributed by atoms with Gasteiger partial charge in [0.15, 0.2) is 5.78 Å². The molecule has 2 bridgehead atoms. The number of carbonyl (C=O) groups is 1. The van der Waals surface area contributed by atoms with Gasteiger partial charge in [0.2, 0.25) is 0 Å². The van der Waals surface area contributed by atoms with Gasteiger partial charge in [-0.05, 0) is 0 Å². The SMILES string of the molecule is CC(=O)C[N+]12CCN(CC1)CC2.[Cl-]. The third-order valence-corrected chi connectivity index (χ3v) is 3.23. The molecule has 0 amide bonds. The van der Waals surface area contributed by atoms with Gasteiger partial charge in [0.1, 0.15) is 6.54 Å². The topological polar surface area (TPSA) is 20.3 Å². The van der Waals surface area contributed by atoms with E-state index in [1.54, 1.807) is 6.92 Å². The van der Waals surface area contributed by atoms with Crippen molar-refractivity contribution in [2.24, 2.45) is 0 Å². The molecule has 3 rings (SSSR count). The molecule has 0 aliphatic carbocycles. The summed E-state index contributed by atoms with van der Waals surface area (Å²) in [5, 5.41) is 0. The maximum absolute atomic E-state index is 11.1. The molecule has 3 nitrogen and oxygen atoms in total. The van der Waals surface area contributed by atoms with Crippen LogP contribution in [0.4, 0.5) is 0 Å². The number of quaternary nitrogens is 1. The molecule has 3 aliphatic heterocycles. The number of fused-ring (bicyclic) bond motifs is 3. The maximum atomic E-state index is 11.1. The lowest BCUT2D eigenvalue weighted by Gasteiger charge is -2.50. The number of hydrogen-bond donors (Lipinski definition) is 0. The second-order valence-electron chi connectivity index (χ2n) is 4.21. The molecule has 0 aromatic carbocycles. The van der Waals surface area contributed by atoms with Gasteiger partial charge < -0.3 is 16.9 Å². The Kier molecular flexibility index (Phi) is 3.33. The third kappa shape index (κ3) is 2.22. The number of carbonyl (C=O) groups excluding carboxylic acids is 1. The van der Waals surface area contributed by atoms with Crippen LogP contribution >= 0.6 is 0 Å². The van der Waals surface area contributed by atoms with Gasteiger partial charge in [-0.1, -0.05) is 0 Å². The largest absolute Gasteiger partial charge is 1.00 e. The standard InChI is InChI=1S/C9H17N2O.ClH/c1-9(12)8-11-5-2-10(3-6-11)4-7-11;/h2-8H2,1H3;1H/q+1;/p-1. The molecule has 3 heterocycles. The molecule has 0 aromatic heterocycles. The smallest absolute Gasteiger partial charge is 0.183 e. The van der Waals surface area contributed by atoms with Gasteiger partial charge in [-0.2, -0.15) is 0 Å². The van der Waals surface area contributed by atoms with Crippen LogP contribution in [0.5, 0.6) is 0 Å². The van der Waals surface area contributed by atoms with Crippen LogP contribution in [0, 0.1) is 0 Å². The Bertz CT molecular complexity index is 186. The number of Topliss-reactive ketones (excluding diaryl/α,β-unsaturated/α-hetero) is 1. The monoisotopic (exact) mass is 204 g/mol. The summed E-state index contributed by atoms with van der Waals surface area (Å²) in [6, 6.07) is 0. The van der Waals surface area contributed by atoms with Crippen LogP contribution in [0.2, 0.25) is 0 Å². The zero-order chi connectivity index (χ0) is 8.60. The molecule has 0 aromatic rings. The minimum absolute atomic E-state index is 0. The molecule has 0 unspecified atom stereocenters. The highest BCUT2D eigenvalue weighted by Crippen LogP contribution is 2.18. The summed E-state index contributed by atoms with van der Waals surface area (Å²) in [5.74, 6) is 0.352. The van der Waals surface area contributed by atoms with E-state index in [4.69, 9.17) is 0 Å². The lowest BCUT2D eigenvalue weighted by molar-refractivity contribution is -0.933. The Hall–Kier alpha value is -0.120. The molecule has 13 heavy (non-hydrogen) atoms. The highest BCUT2D eigenvalue weighted by molar-refractivity contribution is 5.76. The van der Waals surface area contributed by atoms with E-state index in [0.717, 1.165) is 11.0 Å². The predicted molar refractivity (Wildman–Crippen MR) is 46.8 cm³/mol. The van der Waals surface area contributed by atoms with Gasteiger partial charge in [0.05, 0.1) is 19.6 Å². The van der Waals surface area contributed by atoms with E-state index in [1.165, 1.54) is 39.3 Å². The molecular formula is C9H17ClN2O. The predicted octanol–water partition coefficient (Wildman–Crippen LogP) is -3.27. The second-order valence-corrected chi connectivity index (χ2v) is 4.21. The summed E-state index contributed by atoms with van der Waals surface area (Å²) >= 11 is 0. The Morgan fingerprint density at radius 3 is 2.08 bits per heavy atom. The molecule has 4 heteroatoms. The number of ketones is 1. The molecule has 0 atom stereocenters. The third-order valence-electron chi connectivity index (χ3n) is 3.23. The molecule has 3 fully saturated rings. The first-order valence-corrected chi connectivity index (χ1v) is 4.77. The zero-order valence-electron chi connectivity index (χ0n) is 8.13. The van der Waals surface area contributed by atoms with Crippen molar-refractivity contribution in [3.63, 3.8) is 0 Å². The van der Waals surface area contributed by atoms with Crippen LogP contribution < -0.4 is 12.4 Å². The fraction of sp³-hybridized carbons (Fsp3) is 0.889. The first-order chi connectivity index (χ1) is 5.70. The van der Waals surface area contributed by atoms with Crippen molar-refractivity contribution in [3.8, 4) is 0 Å². The number of nitrogens with zero attached hydrogens (tertiary/aromatic N) is 2. The number of rotatable bonds is 2. The molecule has 3 aliphatic rings. The van der Waals surface area contributed by atoms with Gasteiger partial charge in [-0.25, -0.2) is 0 Å². The second kappa shape index (κ2) is 3.95. The fourth-order valence-corrected chi connectivity index (χ4v) is 2.44. The minimum atomic E-state index is 0. The Morgan fingerprint density at radius 1 is 1.23 bits per heavy atom. The highest BCUT2D eigenvalue weighted by Gasteiger charge is 2.38. The van der Waals surface area contributed by atoms with Crippen molar-refractivity contribution in [2.45, 2.75) is 6.92 Å². The lowest BCUT2D eigenvalue weighted by atomic mass is 10.1. The van der Waals surface area contributed by atoms with Crippen LogP contribution in [0.1, 0.15) is 6.92 Å². The van der Waals surface area contributed by atoms with Gasteiger partial charge in [0.25, 0.3) is 0 Å². The summed E-state index contributed by atoms with van der Waals surface area (Å²) in [6.45, 7) is 9.68. The van der Waals surface area contributed by atoms with Crippen LogP contribution in [0.3, 0.4) is 0 Å². The van der Waals surface area contributed by atoms with E-state index in [1.807, 2.05) is 0 Å². The Labute approximate surface area is 85.7 Å². The van der Waals surface area contributed by atoms with Crippen LogP contribution in [0.15, 0.2) is 0 Å². The van der Waals surface area contributed by atoms with Crippen molar-refractivity contribution in [3.05, 3.63) is 0 Å². The number of hydrogen-bond acceptors (Lipinski definition) is 2. The van der Waals surface area contributed by atoms with Crippen molar-refractivity contribution in [1.29, 1.82) is 0 Å². The van der Waals surface area contributed by atoms with Crippen LogP contribution in [-0.2, 0) is 4.79 Å². The Morgan fingerprint density at radius 2 is 1.69 bits per heavy atom. The molecule has 0 N–H and O–H groups in total. The lowest BCUT2D eigenvalue weighted by Crippen LogP contribution is -3.00. The molecular weight excluding hydrogens is 188 g/mol. The summed E-state index contributed by atoms with van der Waals surface area (Å²) in [7, 11) is 0. The minimum Gasteiger partial charge on any atom is -1.00 e. The summed E-state index contributed by atoms with van der Waals surface area (Å²) in [5.41, 5.74) is 0. The van der Waals surface area contributed by atoms with Gasteiger partial charge in [0, 0.05) is 26.6 Å². The van der Waals surface area contributed by atoms with Crippen LogP contribution in [0.25, 0.3) is 0 Å². The van der Waals surface area contributed by atoms with Crippen molar-refractivity contribution >= 4 is 5.78 Å². The average molecular weight is 205 g/mol. The molecule has 0 spiro atoms. The van der Waals surface area contributed by atoms with E-state index < -0.39 is 0 Å². The first kappa shape index (κ1) is 11.0. The van der Waals surface area contributed by atoms with Crippen LogP contribution in [-0.4, -0.2) is 61.0 Å². The number of piperazine rings is 3. The van der Waals surface area contributed by atoms with Crippen molar-refractivity contribution < 1.29 is 21.7 Å². The van der Waals surface area contributed by atoms with E-state index >= 15 is 0 Å². The number of halogens is 1. The normalized spacial score (nSPS) is 36.8. The zero-order valence-corrected chi connectivity index (χ0v) is 8.89. The van der Waals surface area contributed by atoms with E-state index in [9.17, 15) is 4.79 Å². The van der Waals surface area contributed by atoms with Gasteiger partial charge in [-0.15, -0.1) is 0 Å². The van der Waals surface area contributed by atoms with E-state index in [-0.39, 0.29) is 12.4 Å². The summed E-state index contributed by atoms with van der Waals surface area (Å²) < 4.78 is 1.08. The molecule has 0 radical (unpaired) electrons. The van der Waals surface area contributed by atoms with Crippen molar-refractivity contribution in [2.75, 3.05) is 45.8 Å².